The molecule has 2 atom stereocenters. The standard InChI is InChI=1S/C24H27NO2/c1-3-11-18(4-2)21(17-25)16-22(19-12-7-5-8-13-19)23(24(26)27)20-14-9-6-10-15-20/h5-10,12-15,18,21H,3-4,11,16H2,1-2H3,(H,26,27). The molecule has 0 amide bonds. The average Bonchev–Trinajstić information content (AvgIpc) is 2.70. The Bertz CT molecular complexity index is 803. The molecule has 0 heterocycles. The average molecular weight is 361 g/mol. The Kier molecular flexibility index (Phi) is 7.82. The molecule has 0 aromatic heterocycles. The zero-order valence-electron chi connectivity index (χ0n) is 16.1. The number of aliphatic carboxylic acids is 1. The third-order valence-electron chi connectivity index (χ3n) is 5.04. The van der Waals surface area contributed by atoms with E-state index in [0.29, 0.717) is 12.0 Å². The number of allylic oxidation sites excluding steroid dienone is 1. The van der Waals surface area contributed by atoms with Crippen molar-refractivity contribution in [3.05, 3.63) is 71.8 Å². The lowest BCUT2D eigenvalue weighted by molar-refractivity contribution is -0.130. The SMILES string of the molecule is CCCC(CC)C(C#N)CC(=C(C(=O)O)c1ccccc1)c1ccccc1. The third-order valence-corrected chi connectivity index (χ3v) is 5.04. The van der Waals surface area contributed by atoms with E-state index in [2.05, 4.69) is 19.9 Å². The third kappa shape index (κ3) is 5.31. The van der Waals surface area contributed by atoms with Crippen molar-refractivity contribution in [3.63, 3.8) is 0 Å². The lowest BCUT2D eigenvalue weighted by Gasteiger charge is -2.23. The molecule has 2 unspecified atom stereocenters. The van der Waals surface area contributed by atoms with Gasteiger partial charge in [0.25, 0.3) is 0 Å². The van der Waals surface area contributed by atoms with Gasteiger partial charge in [0, 0.05) is 0 Å². The maximum Gasteiger partial charge on any atom is 0.336 e. The van der Waals surface area contributed by atoms with Crippen LogP contribution in [0.15, 0.2) is 60.7 Å². The number of carbonyl (C=O) groups is 1. The van der Waals surface area contributed by atoms with Crippen molar-refractivity contribution in [1.29, 1.82) is 5.26 Å². The highest BCUT2D eigenvalue weighted by molar-refractivity contribution is 6.23. The first-order valence-electron chi connectivity index (χ1n) is 9.59. The van der Waals surface area contributed by atoms with Crippen molar-refractivity contribution < 1.29 is 9.90 Å². The van der Waals surface area contributed by atoms with E-state index in [1.807, 2.05) is 60.7 Å². The van der Waals surface area contributed by atoms with Crippen LogP contribution in [0.2, 0.25) is 0 Å². The lowest BCUT2D eigenvalue weighted by atomic mass is 9.80. The van der Waals surface area contributed by atoms with E-state index < -0.39 is 5.97 Å². The molecule has 27 heavy (non-hydrogen) atoms. The molecule has 3 heteroatoms. The van der Waals surface area contributed by atoms with E-state index in [1.165, 1.54) is 0 Å². The fraction of sp³-hybridized carbons (Fsp3) is 0.333. The fourth-order valence-electron chi connectivity index (χ4n) is 3.63. The van der Waals surface area contributed by atoms with Crippen molar-refractivity contribution in [2.24, 2.45) is 11.8 Å². The number of carboxylic acid groups (broad SMARTS) is 1. The van der Waals surface area contributed by atoms with Gasteiger partial charge >= 0.3 is 5.97 Å². The van der Waals surface area contributed by atoms with Crippen LogP contribution in [0.5, 0.6) is 0 Å². The van der Waals surface area contributed by atoms with Crippen LogP contribution < -0.4 is 0 Å². The van der Waals surface area contributed by atoms with Crippen LogP contribution in [0.1, 0.15) is 50.7 Å². The predicted molar refractivity (Wildman–Crippen MR) is 110 cm³/mol. The minimum atomic E-state index is -0.958. The molecule has 0 radical (unpaired) electrons. The Morgan fingerprint density at radius 1 is 1.00 bits per heavy atom. The van der Waals surface area contributed by atoms with Gasteiger partial charge < -0.3 is 5.11 Å². The van der Waals surface area contributed by atoms with Crippen LogP contribution in [0.25, 0.3) is 11.1 Å². The monoisotopic (exact) mass is 361 g/mol. The molecule has 1 N–H and O–H groups in total. The number of hydrogen-bond donors (Lipinski definition) is 1. The van der Waals surface area contributed by atoms with Crippen LogP contribution in [-0.4, -0.2) is 11.1 Å². The van der Waals surface area contributed by atoms with Gasteiger partial charge in [-0.1, -0.05) is 87.4 Å². The Morgan fingerprint density at radius 3 is 2.00 bits per heavy atom. The minimum absolute atomic E-state index is 0.205. The summed E-state index contributed by atoms with van der Waals surface area (Å²) in [6, 6.07) is 21.2. The maximum absolute atomic E-state index is 12.2. The quantitative estimate of drug-likeness (QED) is 0.437. The smallest absolute Gasteiger partial charge is 0.336 e. The summed E-state index contributed by atoms with van der Waals surface area (Å²) in [7, 11) is 0. The molecular weight excluding hydrogens is 334 g/mol. The van der Waals surface area contributed by atoms with Gasteiger partial charge in [-0.05, 0) is 35.5 Å². The zero-order valence-corrected chi connectivity index (χ0v) is 16.1. The van der Waals surface area contributed by atoms with E-state index in [4.69, 9.17) is 0 Å². The normalized spacial score (nSPS) is 14.0. The van der Waals surface area contributed by atoms with E-state index in [9.17, 15) is 15.2 Å². The molecule has 2 aromatic carbocycles. The van der Waals surface area contributed by atoms with Gasteiger partial charge in [0.2, 0.25) is 0 Å². The van der Waals surface area contributed by atoms with Crippen molar-refractivity contribution in [1.82, 2.24) is 0 Å². The van der Waals surface area contributed by atoms with Gasteiger partial charge in [-0.2, -0.15) is 5.26 Å². The summed E-state index contributed by atoms with van der Waals surface area (Å²) in [6.07, 6.45) is 3.35. The first-order valence-corrected chi connectivity index (χ1v) is 9.59. The molecular formula is C24H27NO2. The molecule has 0 saturated heterocycles. The van der Waals surface area contributed by atoms with Crippen molar-refractivity contribution in [2.45, 2.75) is 39.5 Å². The first-order chi connectivity index (χ1) is 13.1. The molecule has 0 aliphatic carbocycles. The highest BCUT2D eigenvalue weighted by Gasteiger charge is 2.25. The second-order valence-electron chi connectivity index (χ2n) is 6.79. The summed E-state index contributed by atoms with van der Waals surface area (Å²) >= 11 is 0. The molecule has 2 rings (SSSR count). The van der Waals surface area contributed by atoms with Crippen LogP contribution in [0.3, 0.4) is 0 Å². The van der Waals surface area contributed by atoms with E-state index in [1.54, 1.807) is 0 Å². The second-order valence-corrected chi connectivity index (χ2v) is 6.79. The largest absolute Gasteiger partial charge is 0.478 e. The molecule has 0 aliphatic rings. The van der Waals surface area contributed by atoms with Crippen LogP contribution in [0, 0.1) is 23.2 Å². The summed E-state index contributed by atoms with van der Waals surface area (Å²) in [5.74, 6) is -0.895. The van der Waals surface area contributed by atoms with Gasteiger partial charge in [0.1, 0.15) is 0 Å². The summed E-state index contributed by atoms with van der Waals surface area (Å²) < 4.78 is 0. The first kappa shape index (κ1) is 20.5. The second kappa shape index (κ2) is 10.3. The molecule has 0 aliphatic heterocycles. The van der Waals surface area contributed by atoms with E-state index in [-0.39, 0.29) is 17.4 Å². The maximum atomic E-state index is 12.2. The summed E-state index contributed by atoms with van der Waals surface area (Å²) in [6.45, 7) is 4.23. The minimum Gasteiger partial charge on any atom is -0.478 e. The zero-order chi connectivity index (χ0) is 19.6. The topological polar surface area (TPSA) is 61.1 Å². The Hall–Kier alpha value is -2.86. The van der Waals surface area contributed by atoms with E-state index >= 15 is 0 Å². The van der Waals surface area contributed by atoms with Crippen molar-refractivity contribution in [3.8, 4) is 6.07 Å². The molecule has 0 fully saturated rings. The van der Waals surface area contributed by atoms with Gasteiger partial charge in [0.15, 0.2) is 0 Å². The molecule has 0 bridgehead atoms. The molecule has 0 spiro atoms. The number of nitrogens with zero attached hydrogens (tertiary/aromatic N) is 1. The number of benzene rings is 2. The summed E-state index contributed by atoms with van der Waals surface area (Å²) in [4.78, 5) is 12.2. The van der Waals surface area contributed by atoms with Crippen LogP contribution in [-0.2, 0) is 4.79 Å². The highest BCUT2D eigenvalue weighted by atomic mass is 16.4. The summed E-state index contributed by atoms with van der Waals surface area (Å²) in [5.41, 5.74) is 2.55. The Balaban J connectivity index is 2.60. The molecule has 2 aromatic rings. The van der Waals surface area contributed by atoms with Gasteiger partial charge in [-0.15, -0.1) is 0 Å². The number of rotatable bonds is 9. The molecule has 0 saturated carbocycles. The van der Waals surface area contributed by atoms with Gasteiger partial charge in [0.05, 0.1) is 17.6 Å². The fourth-order valence-corrected chi connectivity index (χ4v) is 3.63. The van der Waals surface area contributed by atoms with Crippen molar-refractivity contribution in [2.75, 3.05) is 0 Å². The Labute approximate surface area is 162 Å². The molecule has 3 nitrogen and oxygen atoms in total. The summed E-state index contributed by atoms with van der Waals surface area (Å²) in [5, 5.41) is 19.8. The number of hydrogen-bond acceptors (Lipinski definition) is 2. The van der Waals surface area contributed by atoms with Gasteiger partial charge in [-0.3, -0.25) is 0 Å². The van der Waals surface area contributed by atoms with Gasteiger partial charge in [-0.25, -0.2) is 4.79 Å². The number of carboxylic acids is 1. The van der Waals surface area contributed by atoms with Crippen LogP contribution in [0.4, 0.5) is 0 Å². The lowest BCUT2D eigenvalue weighted by Crippen LogP contribution is -2.15. The predicted octanol–water partition coefficient (Wildman–Crippen LogP) is 6.04. The highest BCUT2D eigenvalue weighted by Crippen LogP contribution is 2.35. The van der Waals surface area contributed by atoms with Crippen molar-refractivity contribution >= 4 is 17.1 Å². The van der Waals surface area contributed by atoms with Crippen LogP contribution >= 0.6 is 0 Å². The number of nitriles is 1. The van der Waals surface area contributed by atoms with E-state index in [0.717, 1.165) is 30.4 Å². The molecule has 140 valence electrons. The Morgan fingerprint density at radius 2 is 1.56 bits per heavy atom.